The second-order valence-corrected chi connectivity index (χ2v) is 7.50. The van der Waals surface area contributed by atoms with Crippen LogP contribution in [0.15, 0.2) is 72.8 Å². The summed E-state index contributed by atoms with van der Waals surface area (Å²) in [5, 5.41) is 0. The zero-order valence-corrected chi connectivity index (χ0v) is 16.9. The van der Waals surface area contributed by atoms with Gasteiger partial charge in [-0.15, -0.1) is 0 Å². The number of benzene rings is 3. The topological polar surface area (TPSA) is 47.7 Å². The molecule has 150 valence electrons. The van der Waals surface area contributed by atoms with Gasteiger partial charge in [0.1, 0.15) is 12.4 Å². The Morgan fingerprint density at radius 2 is 1.59 bits per heavy atom. The predicted molar refractivity (Wildman–Crippen MR) is 117 cm³/mol. The lowest BCUT2D eigenvalue weighted by atomic mass is 10.1. The number of nitrogens with two attached hydrogens (primary N) is 1. The number of fused-ring (bicyclic) bond motifs is 3. The summed E-state index contributed by atoms with van der Waals surface area (Å²) in [4.78, 5) is 2.26. The first-order chi connectivity index (χ1) is 14.2. The van der Waals surface area contributed by atoms with E-state index in [1.807, 2.05) is 18.2 Å². The lowest BCUT2D eigenvalue weighted by molar-refractivity contribution is 0.0836. The van der Waals surface area contributed by atoms with E-state index in [1.54, 1.807) is 0 Å². The fraction of sp³-hybridized carbons (Fsp3) is 0.280. The summed E-state index contributed by atoms with van der Waals surface area (Å²) in [6.45, 7) is 3.61. The SMILES string of the molecule is CN(CCOCCOc1ccc2c(c1)C(N)c1ccccc1-2)Cc1ccccc1. The fourth-order valence-corrected chi connectivity index (χ4v) is 3.83. The van der Waals surface area contributed by atoms with Gasteiger partial charge < -0.3 is 15.2 Å². The molecule has 0 radical (unpaired) electrons. The average Bonchev–Trinajstić information content (AvgIpc) is 3.03. The monoisotopic (exact) mass is 388 g/mol. The first-order valence-corrected chi connectivity index (χ1v) is 10.1. The molecule has 1 aliphatic rings. The molecule has 1 aliphatic carbocycles. The van der Waals surface area contributed by atoms with Gasteiger partial charge in [-0.05, 0) is 47.0 Å². The Hall–Kier alpha value is -2.66. The minimum absolute atomic E-state index is 0.0823. The molecule has 3 aromatic carbocycles. The Balaban J connectivity index is 1.19. The van der Waals surface area contributed by atoms with Crippen molar-refractivity contribution >= 4 is 0 Å². The van der Waals surface area contributed by atoms with Crippen LogP contribution in [0.25, 0.3) is 11.1 Å². The summed E-state index contributed by atoms with van der Waals surface area (Å²) in [6, 6.07) is 24.9. The number of rotatable bonds is 9. The summed E-state index contributed by atoms with van der Waals surface area (Å²) in [5.74, 6) is 0.844. The van der Waals surface area contributed by atoms with Crippen LogP contribution in [-0.2, 0) is 11.3 Å². The van der Waals surface area contributed by atoms with Crippen molar-refractivity contribution in [3.8, 4) is 16.9 Å². The average molecular weight is 389 g/mol. The minimum Gasteiger partial charge on any atom is -0.491 e. The van der Waals surface area contributed by atoms with Gasteiger partial charge in [-0.1, -0.05) is 60.7 Å². The third kappa shape index (κ3) is 4.67. The van der Waals surface area contributed by atoms with E-state index in [0.29, 0.717) is 19.8 Å². The second-order valence-electron chi connectivity index (χ2n) is 7.50. The van der Waals surface area contributed by atoms with Gasteiger partial charge in [0.25, 0.3) is 0 Å². The first-order valence-electron chi connectivity index (χ1n) is 10.1. The molecule has 0 amide bonds. The van der Waals surface area contributed by atoms with Crippen LogP contribution in [0.5, 0.6) is 5.75 Å². The van der Waals surface area contributed by atoms with E-state index < -0.39 is 0 Å². The number of nitrogens with zero attached hydrogens (tertiary/aromatic N) is 1. The molecule has 0 saturated heterocycles. The summed E-state index contributed by atoms with van der Waals surface area (Å²) >= 11 is 0. The van der Waals surface area contributed by atoms with Gasteiger partial charge in [0.05, 0.1) is 19.3 Å². The third-order valence-corrected chi connectivity index (χ3v) is 5.35. The number of hydrogen-bond acceptors (Lipinski definition) is 4. The van der Waals surface area contributed by atoms with Crippen LogP contribution >= 0.6 is 0 Å². The highest BCUT2D eigenvalue weighted by Crippen LogP contribution is 2.43. The fourth-order valence-electron chi connectivity index (χ4n) is 3.83. The van der Waals surface area contributed by atoms with Gasteiger partial charge >= 0.3 is 0 Å². The predicted octanol–water partition coefficient (Wildman–Crippen LogP) is 4.24. The van der Waals surface area contributed by atoms with Gasteiger partial charge in [0.2, 0.25) is 0 Å². The van der Waals surface area contributed by atoms with E-state index in [-0.39, 0.29) is 6.04 Å². The zero-order chi connectivity index (χ0) is 20.1. The molecule has 4 nitrogen and oxygen atoms in total. The Labute approximate surface area is 172 Å². The van der Waals surface area contributed by atoms with E-state index in [9.17, 15) is 0 Å². The number of likely N-dealkylation sites (N-methyl/N-ethyl adjacent to an activating group) is 1. The smallest absolute Gasteiger partial charge is 0.119 e. The number of ether oxygens (including phenoxy) is 2. The van der Waals surface area contributed by atoms with Gasteiger partial charge in [-0.25, -0.2) is 0 Å². The molecule has 1 unspecified atom stereocenters. The molecule has 2 N–H and O–H groups in total. The van der Waals surface area contributed by atoms with Crippen molar-refractivity contribution in [1.29, 1.82) is 0 Å². The highest BCUT2D eigenvalue weighted by molar-refractivity contribution is 5.79. The van der Waals surface area contributed by atoms with Crippen LogP contribution in [0, 0.1) is 0 Å². The quantitative estimate of drug-likeness (QED) is 0.557. The van der Waals surface area contributed by atoms with Crippen LogP contribution in [0.3, 0.4) is 0 Å². The summed E-state index contributed by atoms with van der Waals surface area (Å²) in [6.07, 6.45) is 0. The maximum absolute atomic E-state index is 6.42. The molecular weight excluding hydrogens is 360 g/mol. The van der Waals surface area contributed by atoms with Crippen molar-refractivity contribution < 1.29 is 9.47 Å². The maximum Gasteiger partial charge on any atom is 0.119 e. The molecule has 1 atom stereocenters. The van der Waals surface area contributed by atoms with Gasteiger partial charge in [-0.3, -0.25) is 4.90 Å². The molecule has 0 aromatic heterocycles. The van der Waals surface area contributed by atoms with Crippen molar-refractivity contribution in [3.05, 3.63) is 89.5 Å². The Bertz CT molecular complexity index is 943. The normalized spacial score (nSPS) is 14.7. The molecule has 4 heteroatoms. The molecule has 0 heterocycles. The Morgan fingerprint density at radius 3 is 2.45 bits per heavy atom. The Kier molecular flexibility index (Phi) is 6.25. The summed E-state index contributed by atoms with van der Waals surface area (Å²) in [5.41, 5.74) is 12.5. The molecule has 0 fully saturated rings. The summed E-state index contributed by atoms with van der Waals surface area (Å²) < 4.78 is 11.6. The molecule has 0 spiro atoms. The molecular formula is C25H28N2O2. The van der Waals surface area contributed by atoms with Crippen LogP contribution in [0.2, 0.25) is 0 Å². The molecule has 29 heavy (non-hydrogen) atoms. The van der Waals surface area contributed by atoms with Crippen molar-refractivity contribution in [1.82, 2.24) is 4.90 Å². The maximum atomic E-state index is 6.42. The Morgan fingerprint density at radius 1 is 0.828 bits per heavy atom. The molecule has 0 bridgehead atoms. The van der Waals surface area contributed by atoms with Crippen LogP contribution in [0.1, 0.15) is 22.7 Å². The molecule has 4 rings (SSSR count). The van der Waals surface area contributed by atoms with Crippen molar-refractivity contribution in [2.75, 3.05) is 33.4 Å². The van der Waals surface area contributed by atoms with Gasteiger partial charge in [0.15, 0.2) is 0 Å². The van der Waals surface area contributed by atoms with Crippen LogP contribution in [0.4, 0.5) is 0 Å². The lowest BCUT2D eigenvalue weighted by Crippen LogP contribution is -2.23. The van der Waals surface area contributed by atoms with Crippen molar-refractivity contribution in [2.45, 2.75) is 12.6 Å². The largest absolute Gasteiger partial charge is 0.491 e. The second kappa shape index (κ2) is 9.23. The third-order valence-electron chi connectivity index (χ3n) is 5.35. The van der Waals surface area contributed by atoms with E-state index in [0.717, 1.165) is 24.4 Å². The highest BCUT2D eigenvalue weighted by Gasteiger charge is 2.25. The van der Waals surface area contributed by atoms with Crippen LogP contribution in [-0.4, -0.2) is 38.3 Å². The van der Waals surface area contributed by atoms with Gasteiger partial charge in [0, 0.05) is 13.1 Å². The lowest BCUT2D eigenvalue weighted by Gasteiger charge is -2.16. The molecule has 0 aliphatic heterocycles. The number of hydrogen-bond donors (Lipinski definition) is 1. The van der Waals surface area contributed by atoms with Crippen LogP contribution < -0.4 is 10.5 Å². The van der Waals surface area contributed by atoms with Crippen molar-refractivity contribution in [3.63, 3.8) is 0 Å². The standard InChI is InChI=1S/C25H28N2O2/c1-27(18-19-7-3-2-4-8-19)13-14-28-15-16-29-20-11-12-22-21-9-5-6-10-23(21)25(26)24(22)17-20/h2-12,17,25H,13-16,18,26H2,1H3. The highest BCUT2D eigenvalue weighted by atomic mass is 16.5. The summed E-state index contributed by atoms with van der Waals surface area (Å²) in [7, 11) is 2.11. The molecule has 0 saturated carbocycles. The van der Waals surface area contributed by atoms with E-state index >= 15 is 0 Å². The minimum atomic E-state index is -0.0823. The molecule has 3 aromatic rings. The van der Waals surface area contributed by atoms with Gasteiger partial charge in [-0.2, -0.15) is 0 Å². The first kappa shape index (κ1) is 19.6. The zero-order valence-electron chi connectivity index (χ0n) is 16.9. The van der Waals surface area contributed by atoms with E-state index in [2.05, 4.69) is 66.5 Å². The van der Waals surface area contributed by atoms with Crippen molar-refractivity contribution in [2.24, 2.45) is 5.73 Å². The van der Waals surface area contributed by atoms with E-state index in [1.165, 1.54) is 22.3 Å². The van der Waals surface area contributed by atoms with E-state index in [4.69, 9.17) is 15.2 Å².